The van der Waals surface area contributed by atoms with Crippen LogP contribution < -0.4 is 11.1 Å². The molecule has 0 spiro atoms. The van der Waals surface area contributed by atoms with Gasteiger partial charge in [-0.1, -0.05) is 12.1 Å². The number of nitrogens with zero attached hydrogens (tertiary/aromatic N) is 3. The fourth-order valence-corrected chi connectivity index (χ4v) is 2.24. The minimum Gasteiger partial charge on any atom is -0.349 e. The second-order valence-corrected chi connectivity index (χ2v) is 6.52. The van der Waals surface area contributed by atoms with E-state index in [9.17, 15) is 13.2 Å². The lowest BCUT2D eigenvalue weighted by atomic mass is 10.4. The largest absolute Gasteiger partial charge is 0.349 e. The van der Waals surface area contributed by atoms with E-state index in [1.54, 1.807) is 17.8 Å². The third-order valence-corrected chi connectivity index (χ3v) is 4.31. The molecule has 1 aromatic rings. The van der Waals surface area contributed by atoms with Crippen molar-refractivity contribution in [1.29, 1.82) is 0 Å². The van der Waals surface area contributed by atoms with Crippen LogP contribution in [0.2, 0.25) is 0 Å². The highest BCUT2D eigenvalue weighted by Crippen LogP contribution is 1.98. The monoisotopic (exact) mass is 289 g/mol. The highest BCUT2D eigenvalue weighted by molar-refractivity contribution is 7.91. The summed E-state index contributed by atoms with van der Waals surface area (Å²) >= 11 is 0. The standard InChI is InChI=1S/C10H19N5O3S/c1-2-19(17,18)5-3-4-15-8-9(13-14-15)7-12-10(16)6-11/h8H,2-7,11H2,1H3,(H,12,16). The average molecular weight is 289 g/mol. The predicted molar refractivity (Wildman–Crippen MR) is 69.9 cm³/mol. The maximum atomic E-state index is 11.3. The summed E-state index contributed by atoms with van der Waals surface area (Å²) in [7, 11) is -2.94. The van der Waals surface area contributed by atoms with Crippen LogP contribution in [0.25, 0.3) is 0 Å². The molecule has 108 valence electrons. The number of hydrogen-bond acceptors (Lipinski definition) is 6. The Morgan fingerprint density at radius 3 is 2.89 bits per heavy atom. The van der Waals surface area contributed by atoms with Gasteiger partial charge in [0.15, 0.2) is 0 Å². The number of rotatable bonds is 8. The Labute approximate surface area is 112 Å². The predicted octanol–water partition coefficient (Wildman–Crippen LogP) is -1.32. The number of aryl methyl sites for hydroxylation is 1. The molecule has 0 aliphatic rings. The normalized spacial score (nSPS) is 11.5. The highest BCUT2D eigenvalue weighted by Gasteiger charge is 2.08. The molecule has 1 amide bonds. The molecule has 19 heavy (non-hydrogen) atoms. The molecule has 0 unspecified atom stereocenters. The molecular formula is C10H19N5O3S. The maximum absolute atomic E-state index is 11.3. The second kappa shape index (κ2) is 7.19. The molecule has 8 nitrogen and oxygen atoms in total. The summed E-state index contributed by atoms with van der Waals surface area (Å²) in [5.41, 5.74) is 5.76. The Morgan fingerprint density at radius 1 is 1.53 bits per heavy atom. The molecule has 1 rings (SSSR count). The van der Waals surface area contributed by atoms with E-state index in [0.29, 0.717) is 18.7 Å². The van der Waals surface area contributed by atoms with Gasteiger partial charge in [-0.15, -0.1) is 5.10 Å². The van der Waals surface area contributed by atoms with Crippen molar-refractivity contribution in [3.8, 4) is 0 Å². The Morgan fingerprint density at radius 2 is 2.26 bits per heavy atom. The molecule has 0 fully saturated rings. The van der Waals surface area contributed by atoms with Crippen LogP contribution in [0.3, 0.4) is 0 Å². The van der Waals surface area contributed by atoms with Crippen molar-refractivity contribution in [2.24, 2.45) is 5.73 Å². The van der Waals surface area contributed by atoms with Gasteiger partial charge in [-0.2, -0.15) is 0 Å². The van der Waals surface area contributed by atoms with Gasteiger partial charge in [0, 0.05) is 12.3 Å². The Hall–Kier alpha value is -1.48. The van der Waals surface area contributed by atoms with Crippen LogP contribution in [0, 0.1) is 0 Å². The minimum absolute atomic E-state index is 0.0665. The van der Waals surface area contributed by atoms with E-state index in [1.165, 1.54) is 0 Å². The van der Waals surface area contributed by atoms with Crippen LogP contribution in [0.5, 0.6) is 0 Å². The molecule has 0 bridgehead atoms. The second-order valence-electron chi connectivity index (χ2n) is 4.04. The van der Waals surface area contributed by atoms with Gasteiger partial charge in [0.2, 0.25) is 5.91 Å². The Balaban J connectivity index is 2.37. The van der Waals surface area contributed by atoms with Crippen molar-refractivity contribution >= 4 is 15.7 Å². The van der Waals surface area contributed by atoms with Gasteiger partial charge in [0.1, 0.15) is 15.5 Å². The van der Waals surface area contributed by atoms with E-state index >= 15 is 0 Å². The first-order chi connectivity index (χ1) is 8.96. The minimum atomic E-state index is -2.94. The van der Waals surface area contributed by atoms with Gasteiger partial charge in [-0.05, 0) is 6.42 Å². The highest BCUT2D eigenvalue weighted by atomic mass is 32.2. The van der Waals surface area contributed by atoms with Crippen molar-refractivity contribution in [2.75, 3.05) is 18.1 Å². The molecule has 0 aliphatic carbocycles. The molecule has 0 saturated heterocycles. The third kappa shape index (κ3) is 5.79. The number of aromatic nitrogens is 3. The Kier molecular flexibility index (Phi) is 5.90. The molecule has 0 radical (unpaired) electrons. The third-order valence-electron chi connectivity index (χ3n) is 2.52. The number of hydrogen-bond donors (Lipinski definition) is 2. The van der Waals surface area contributed by atoms with Crippen molar-refractivity contribution < 1.29 is 13.2 Å². The smallest absolute Gasteiger partial charge is 0.234 e. The van der Waals surface area contributed by atoms with Gasteiger partial charge < -0.3 is 11.1 Å². The first-order valence-corrected chi connectivity index (χ1v) is 7.85. The van der Waals surface area contributed by atoms with Gasteiger partial charge >= 0.3 is 0 Å². The van der Waals surface area contributed by atoms with Crippen LogP contribution in [-0.2, 0) is 27.7 Å². The van der Waals surface area contributed by atoms with Crippen molar-refractivity contribution in [3.63, 3.8) is 0 Å². The summed E-state index contributed by atoms with van der Waals surface area (Å²) in [6.45, 7) is 2.31. The molecule has 0 atom stereocenters. The summed E-state index contributed by atoms with van der Waals surface area (Å²) < 4.78 is 24.2. The summed E-state index contributed by atoms with van der Waals surface area (Å²) in [5, 5.41) is 10.3. The molecule has 1 aromatic heterocycles. The van der Waals surface area contributed by atoms with Crippen molar-refractivity contribution in [3.05, 3.63) is 11.9 Å². The number of carbonyl (C=O) groups excluding carboxylic acids is 1. The van der Waals surface area contributed by atoms with Gasteiger partial charge in [-0.3, -0.25) is 9.48 Å². The number of carbonyl (C=O) groups is 1. The molecule has 0 aromatic carbocycles. The molecule has 0 aliphatic heterocycles. The number of amides is 1. The Bertz CT molecular complexity index is 511. The zero-order valence-electron chi connectivity index (χ0n) is 10.9. The topological polar surface area (TPSA) is 120 Å². The van der Waals surface area contributed by atoms with Crippen molar-refractivity contribution in [1.82, 2.24) is 20.3 Å². The van der Waals surface area contributed by atoms with E-state index < -0.39 is 9.84 Å². The zero-order valence-corrected chi connectivity index (χ0v) is 11.7. The fourth-order valence-electron chi connectivity index (χ4n) is 1.38. The van der Waals surface area contributed by atoms with E-state index in [-0.39, 0.29) is 30.5 Å². The van der Waals surface area contributed by atoms with Gasteiger partial charge in [0.25, 0.3) is 0 Å². The van der Waals surface area contributed by atoms with Crippen LogP contribution in [0.4, 0.5) is 0 Å². The van der Waals surface area contributed by atoms with Crippen LogP contribution in [0.1, 0.15) is 19.0 Å². The maximum Gasteiger partial charge on any atom is 0.234 e. The summed E-state index contributed by atoms with van der Waals surface area (Å²) in [5.74, 6) is 0.0344. The summed E-state index contributed by atoms with van der Waals surface area (Å²) in [6.07, 6.45) is 2.17. The fraction of sp³-hybridized carbons (Fsp3) is 0.700. The van der Waals surface area contributed by atoms with Gasteiger partial charge in [0.05, 0.1) is 25.0 Å². The van der Waals surface area contributed by atoms with Crippen LogP contribution in [0.15, 0.2) is 6.20 Å². The number of nitrogens with two attached hydrogens (primary N) is 1. The van der Waals surface area contributed by atoms with Crippen molar-refractivity contribution in [2.45, 2.75) is 26.4 Å². The molecular weight excluding hydrogens is 270 g/mol. The van der Waals surface area contributed by atoms with E-state index in [1.807, 2.05) is 0 Å². The van der Waals surface area contributed by atoms with Crippen LogP contribution in [-0.4, -0.2) is 47.4 Å². The first kappa shape index (κ1) is 15.6. The summed E-state index contributed by atoms with van der Waals surface area (Å²) in [6, 6.07) is 0. The SMILES string of the molecule is CCS(=O)(=O)CCCn1cc(CNC(=O)CN)nn1. The summed E-state index contributed by atoms with van der Waals surface area (Å²) in [4.78, 5) is 10.9. The van der Waals surface area contributed by atoms with E-state index in [2.05, 4.69) is 15.6 Å². The molecule has 3 N–H and O–H groups in total. The average Bonchev–Trinajstić information content (AvgIpc) is 2.83. The van der Waals surface area contributed by atoms with Gasteiger partial charge in [-0.25, -0.2) is 8.42 Å². The molecule has 9 heteroatoms. The van der Waals surface area contributed by atoms with E-state index in [0.717, 1.165) is 0 Å². The lowest BCUT2D eigenvalue weighted by Gasteiger charge is -2.01. The lowest BCUT2D eigenvalue weighted by Crippen LogP contribution is -2.29. The quantitative estimate of drug-likeness (QED) is 0.612. The lowest BCUT2D eigenvalue weighted by molar-refractivity contribution is -0.119. The first-order valence-electron chi connectivity index (χ1n) is 6.03. The zero-order chi connectivity index (χ0) is 14.3. The molecule has 0 saturated carbocycles. The van der Waals surface area contributed by atoms with Crippen LogP contribution >= 0.6 is 0 Å². The number of nitrogens with one attached hydrogen (secondary N) is 1. The molecule has 1 heterocycles. The van der Waals surface area contributed by atoms with E-state index in [4.69, 9.17) is 5.73 Å². The number of sulfone groups is 1.